The van der Waals surface area contributed by atoms with Crippen LogP contribution in [0.1, 0.15) is 40.0 Å². The van der Waals surface area contributed by atoms with E-state index < -0.39 is 23.4 Å². The third-order valence-corrected chi connectivity index (χ3v) is 2.99. The zero-order valence-electron chi connectivity index (χ0n) is 11.7. The summed E-state index contributed by atoms with van der Waals surface area (Å²) < 4.78 is 0. The summed E-state index contributed by atoms with van der Waals surface area (Å²) in [4.78, 5) is 33.9. The van der Waals surface area contributed by atoms with Crippen molar-refractivity contribution in [3.63, 3.8) is 0 Å². The molecule has 0 saturated carbocycles. The van der Waals surface area contributed by atoms with Gasteiger partial charge in [-0.15, -0.1) is 0 Å². The van der Waals surface area contributed by atoms with Gasteiger partial charge in [-0.2, -0.15) is 0 Å². The number of carbonyl (C=O) groups excluding carboxylic acids is 2. The normalized spacial score (nSPS) is 10.9. The van der Waals surface area contributed by atoms with Gasteiger partial charge in [0.1, 0.15) is 5.54 Å². The summed E-state index contributed by atoms with van der Waals surface area (Å²) in [5, 5.41) is 16.5. The van der Waals surface area contributed by atoms with E-state index in [0.717, 1.165) is 6.42 Å². The minimum absolute atomic E-state index is 0.215. The van der Waals surface area contributed by atoms with Gasteiger partial charge in [0.25, 0.3) is 0 Å². The first-order valence-corrected chi connectivity index (χ1v) is 6.48. The van der Waals surface area contributed by atoms with Crippen LogP contribution >= 0.6 is 0 Å². The van der Waals surface area contributed by atoms with Crippen molar-refractivity contribution in [1.82, 2.24) is 16.0 Å². The Balaban J connectivity index is 4.27. The van der Waals surface area contributed by atoms with Crippen LogP contribution in [0.4, 0.5) is 4.79 Å². The number of nitrogens with one attached hydrogen (secondary N) is 3. The third kappa shape index (κ3) is 5.69. The molecule has 0 atom stereocenters. The van der Waals surface area contributed by atoms with Gasteiger partial charge in [0.05, 0.1) is 6.54 Å². The largest absolute Gasteiger partial charge is 0.480 e. The maximum Gasteiger partial charge on any atom is 0.323 e. The molecule has 0 aromatic heterocycles. The molecule has 0 aromatic rings. The SMILES string of the molecule is CCCNC(=O)NC(=O)CNC(CC)(CC)C(=O)O. The van der Waals surface area contributed by atoms with E-state index in [1.54, 1.807) is 13.8 Å². The molecule has 0 radical (unpaired) electrons. The molecular weight excluding hydrogens is 250 g/mol. The first-order valence-electron chi connectivity index (χ1n) is 6.48. The second-order valence-electron chi connectivity index (χ2n) is 4.25. The highest BCUT2D eigenvalue weighted by Crippen LogP contribution is 2.14. The van der Waals surface area contributed by atoms with Crippen molar-refractivity contribution in [3.05, 3.63) is 0 Å². The zero-order valence-corrected chi connectivity index (χ0v) is 11.7. The molecule has 0 saturated heterocycles. The number of imide groups is 1. The number of amides is 3. The Labute approximate surface area is 113 Å². The molecule has 0 fully saturated rings. The van der Waals surface area contributed by atoms with Gasteiger partial charge in [-0.25, -0.2) is 4.79 Å². The van der Waals surface area contributed by atoms with Crippen molar-refractivity contribution in [2.45, 2.75) is 45.6 Å². The number of hydrogen-bond acceptors (Lipinski definition) is 4. The fourth-order valence-corrected chi connectivity index (χ4v) is 1.58. The lowest BCUT2D eigenvalue weighted by atomic mass is 9.93. The lowest BCUT2D eigenvalue weighted by Gasteiger charge is -2.27. The predicted octanol–water partition coefficient (Wildman–Crippen LogP) is 0.455. The van der Waals surface area contributed by atoms with Crippen LogP contribution in [0.2, 0.25) is 0 Å². The Morgan fingerprint density at radius 1 is 1.11 bits per heavy atom. The summed E-state index contributed by atoms with van der Waals surface area (Å²) >= 11 is 0. The number of urea groups is 1. The van der Waals surface area contributed by atoms with Crippen LogP contribution in [-0.4, -0.2) is 41.6 Å². The van der Waals surface area contributed by atoms with Gasteiger partial charge in [-0.05, 0) is 19.3 Å². The minimum Gasteiger partial charge on any atom is -0.480 e. The summed E-state index contributed by atoms with van der Waals surface area (Å²) in [6.45, 7) is 5.63. The van der Waals surface area contributed by atoms with Crippen LogP contribution in [-0.2, 0) is 9.59 Å². The predicted molar refractivity (Wildman–Crippen MR) is 70.8 cm³/mol. The van der Waals surface area contributed by atoms with Crippen molar-refractivity contribution in [2.24, 2.45) is 0 Å². The van der Waals surface area contributed by atoms with Crippen LogP contribution in [0.5, 0.6) is 0 Å². The van der Waals surface area contributed by atoms with E-state index in [1.807, 2.05) is 6.92 Å². The van der Waals surface area contributed by atoms with Gasteiger partial charge < -0.3 is 10.4 Å². The molecule has 0 unspecified atom stereocenters. The van der Waals surface area contributed by atoms with E-state index in [2.05, 4.69) is 16.0 Å². The molecule has 0 aliphatic heterocycles. The first-order chi connectivity index (χ1) is 8.91. The molecule has 3 amide bonds. The molecule has 19 heavy (non-hydrogen) atoms. The van der Waals surface area contributed by atoms with Crippen molar-refractivity contribution < 1.29 is 19.5 Å². The first kappa shape index (κ1) is 17.4. The molecule has 0 aliphatic rings. The number of aliphatic carboxylic acids is 1. The lowest BCUT2D eigenvalue weighted by molar-refractivity contribution is -0.145. The second-order valence-corrected chi connectivity index (χ2v) is 4.25. The average Bonchev–Trinajstić information content (AvgIpc) is 2.37. The Hall–Kier alpha value is -1.63. The maximum atomic E-state index is 11.5. The van der Waals surface area contributed by atoms with Gasteiger partial charge in [-0.3, -0.25) is 20.2 Å². The summed E-state index contributed by atoms with van der Waals surface area (Å²) in [7, 11) is 0. The van der Waals surface area contributed by atoms with Crippen LogP contribution in [0.25, 0.3) is 0 Å². The average molecular weight is 273 g/mol. The Morgan fingerprint density at radius 2 is 1.68 bits per heavy atom. The summed E-state index contributed by atoms with van der Waals surface area (Å²) in [6.07, 6.45) is 1.48. The highest BCUT2D eigenvalue weighted by Gasteiger charge is 2.34. The summed E-state index contributed by atoms with van der Waals surface area (Å²) in [6, 6.07) is -0.567. The van der Waals surface area contributed by atoms with E-state index in [-0.39, 0.29) is 6.54 Å². The Kier molecular flexibility index (Phi) is 7.74. The van der Waals surface area contributed by atoms with E-state index in [1.165, 1.54) is 0 Å². The molecule has 0 aromatic carbocycles. The molecule has 0 spiro atoms. The highest BCUT2D eigenvalue weighted by molar-refractivity contribution is 5.95. The molecular formula is C12H23N3O4. The summed E-state index contributed by atoms with van der Waals surface area (Å²) in [5.74, 6) is -1.55. The van der Waals surface area contributed by atoms with Crippen molar-refractivity contribution >= 4 is 17.9 Å². The number of hydrogen-bond donors (Lipinski definition) is 4. The number of carboxylic acid groups (broad SMARTS) is 1. The standard InChI is InChI=1S/C12H23N3O4/c1-4-7-13-11(19)15-9(16)8-14-12(5-2,6-3)10(17)18/h14H,4-8H2,1-3H3,(H,17,18)(H2,13,15,16,19). The quantitative estimate of drug-likeness (QED) is 0.514. The molecule has 110 valence electrons. The van der Waals surface area contributed by atoms with E-state index in [0.29, 0.717) is 19.4 Å². The fourth-order valence-electron chi connectivity index (χ4n) is 1.58. The maximum absolute atomic E-state index is 11.5. The Bertz CT molecular complexity index is 327. The topological polar surface area (TPSA) is 108 Å². The molecule has 7 nitrogen and oxygen atoms in total. The molecule has 0 aliphatic carbocycles. The number of carboxylic acids is 1. The second kappa shape index (κ2) is 8.47. The van der Waals surface area contributed by atoms with Gasteiger partial charge in [-0.1, -0.05) is 20.8 Å². The zero-order chi connectivity index (χ0) is 14.9. The van der Waals surface area contributed by atoms with Crippen molar-refractivity contribution in [3.8, 4) is 0 Å². The summed E-state index contributed by atoms with van der Waals surface area (Å²) in [5.41, 5.74) is -1.13. The van der Waals surface area contributed by atoms with Crippen molar-refractivity contribution in [2.75, 3.05) is 13.1 Å². The highest BCUT2D eigenvalue weighted by atomic mass is 16.4. The Morgan fingerprint density at radius 3 is 2.11 bits per heavy atom. The van der Waals surface area contributed by atoms with Crippen LogP contribution < -0.4 is 16.0 Å². The third-order valence-electron chi connectivity index (χ3n) is 2.99. The van der Waals surface area contributed by atoms with E-state index >= 15 is 0 Å². The van der Waals surface area contributed by atoms with Gasteiger partial charge in [0.2, 0.25) is 5.91 Å². The fraction of sp³-hybridized carbons (Fsp3) is 0.750. The van der Waals surface area contributed by atoms with Gasteiger partial charge in [0, 0.05) is 6.54 Å². The molecule has 0 rings (SSSR count). The number of rotatable bonds is 8. The molecule has 4 N–H and O–H groups in total. The van der Waals surface area contributed by atoms with Crippen LogP contribution in [0, 0.1) is 0 Å². The molecule has 7 heteroatoms. The molecule has 0 bridgehead atoms. The van der Waals surface area contributed by atoms with Gasteiger partial charge in [0.15, 0.2) is 0 Å². The van der Waals surface area contributed by atoms with Crippen LogP contribution in [0.3, 0.4) is 0 Å². The van der Waals surface area contributed by atoms with Crippen LogP contribution in [0.15, 0.2) is 0 Å². The molecule has 0 heterocycles. The number of carbonyl (C=O) groups is 3. The smallest absolute Gasteiger partial charge is 0.323 e. The van der Waals surface area contributed by atoms with E-state index in [4.69, 9.17) is 5.11 Å². The lowest BCUT2D eigenvalue weighted by Crippen LogP contribution is -2.55. The minimum atomic E-state index is -1.13. The van der Waals surface area contributed by atoms with E-state index in [9.17, 15) is 14.4 Å². The van der Waals surface area contributed by atoms with Gasteiger partial charge >= 0.3 is 12.0 Å². The monoisotopic (exact) mass is 273 g/mol. The van der Waals surface area contributed by atoms with Crippen molar-refractivity contribution in [1.29, 1.82) is 0 Å².